The number of anilines is 1. The molecule has 1 fully saturated rings. The predicted octanol–water partition coefficient (Wildman–Crippen LogP) is 2.56. The number of rotatable bonds is 9. The Bertz CT molecular complexity index is 792. The van der Waals surface area contributed by atoms with Crippen LogP contribution in [0.25, 0.3) is 0 Å². The fourth-order valence-corrected chi connectivity index (χ4v) is 2.96. The van der Waals surface area contributed by atoms with Gasteiger partial charge in [0.05, 0.1) is 24.8 Å². The number of nitrogens with one attached hydrogen (secondary N) is 2. The van der Waals surface area contributed by atoms with Gasteiger partial charge in [0.2, 0.25) is 11.8 Å². The molecule has 28 heavy (non-hydrogen) atoms. The molecule has 1 aliphatic rings. The van der Waals surface area contributed by atoms with E-state index in [0.717, 1.165) is 18.9 Å². The first-order valence-electron chi connectivity index (χ1n) is 9.08. The lowest BCUT2D eigenvalue weighted by Gasteiger charge is -2.26. The van der Waals surface area contributed by atoms with Crippen molar-refractivity contribution in [3.63, 3.8) is 0 Å². The molecular weight excluding hydrogens is 373 g/mol. The molecule has 1 aromatic carbocycles. The Labute approximate surface area is 161 Å². The summed E-state index contributed by atoms with van der Waals surface area (Å²) < 4.78 is 39.9. The Morgan fingerprint density at radius 2 is 1.86 bits per heavy atom. The van der Waals surface area contributed by atoms with Crippen LogP contribution in [-0.4, -0.2) is 41.9 Å². The number of carbonyl (C=O) groups excluding carboxylic acids is 2. The van der Waals surface area contributed by atoms with E-state index in [1.807, 2.05) is 6.92 Å². The number of nitriles is 1. The van der Waals surface area contributed by atoms with E-state index in [0.29, 0.717) is 19.0 Å². The molecule has 0 aromatic heterocycles. The second kappa shape index (κ2) is 9.06. The van der Waals surface area contributed by atoms with Gasteiger partial charge in [0.15, 0.2) is 17.5 Å². The van der Waals surface area contributed by atoms with Crippen molar-refractivity contribution in [2.75, 3.05) is 25.0 Å². The smallest absolute Gasteiger partial charge is 0.238 e. The average molecular weight is 396 g/mol. The number of amides is 2. The molecule has 1 aliphatic carbocycles. The third-order valence-corrected chi connectivity index (χ3v) is 4.61. The van der Waals surface area contributed by atoms with E-state index in [4.69, 9.17) is 0 Å². The maximum atomic E-state index is 13.7. The number of benzene rings is 1. The lowest BCUT2D eigenvalue weighted by Crippen LogP contribution is -2.51. The van der Waals surface area contributed by atoms with Crippen molar-refractivity contribution in [2.45, 2.75) is 38.6 Å². The molecule has 0 spiro atoms. The van der Waals surface area contributed by atoms with Gasteiger partial charge in [0, 0.05) is 0 Å². The van der Waals surface area contributed by atoms with Crippen molar-refractivity contribution in [1.82, 2.24) is 10.2 Å². The summed E-state index contributed by atoms with van der Waals surface area (Å²) in [6, 6.07) is 3.77. The zero-order valence-electron chi connectivity index (χ0n) is 15.8. The SMILES string of the molecule is CCCN(CC(=O)Nc1ccc(F)c(F)c1F)CC(=O)N[C@](C)(C#N)C1CC1. The zero-order valence-corrected chi connectivity index (χ0v) is 15.8. The Morgan fingerprint density at radius 3 is 2.43 bits per heavy atom. The molecule has 0 aliphatic heterocycles. The van der Waals surface area contributed by atoms with Crippen molar-refractivity contribution in [1.29, 1.82) is 5.26 Å². The maximum Gasteiger partial charge on any atom is 0.238 e. The molecule has 1 aromatic rings. The van der Waals surface area contributed by atoms with Gasteiger partial charge in [-0.2, -0.15) is 5.26 Å². The fourth-order valence-electron chi connectivity index (χ4n) is 2.96. The standard InChI is InChI=1S/C19H23F3N4O2/c1-3-8-26(10-16(28)25-19(2,11-23)12-4-5-12)9-15(27)24-14-7-6-13(20)17(21)18(14)22/h6-7,12H,3-5,8-10H2,1-2H3,(H,24,27)(H,25,28)/t19-/m1/s1. The minimum atomic E-state index is -1.67. The Hall–Kier alpha value is -2.60. The quantitative estimate of drug-likeness (QED) is 0.629. The van der Waals surface area contributed by atoms with E-state index in [2.05, 4.69) is 16.7 Å². The second-order valence-corrected chi connectivity index (χ2v) is 7.12. The fraction of sp³-hybridized carbons (Fsp3) is 0.526. The van der Waals surface area contributed by atoms with Crippen molar-refractivity contribution in [2.24, 2.45) is 5.92 Å². The summed E-state index contributed by atoms with van der Waals surface area (Å²) in [6.45, 7) is 3.58. The van der Waals surface area contributed by atoms with Gasteiger partial charge >= 0.3 is 0 Å². The highest BCUT2D eigenvalue weighted by Gasteiger charge is 2.43. The molecular formula is C19H23F3N4O2. The van der Waals surface area contributed by atoms with Gasteiger partial charge in [0.25, 0.3) is 0 Å². The van der Waals surface area contributed by atoms with Crippen LogP contribution in [0.5, 0.6) is 0 Å². The third kappa shape index (κ3) is 5.45. The van der Waals surface area contributed by atoms with Crippen LogP contribution in [0.2, 0.25) is 0 Å². The van der Waals surface area contributed by atoms with Crippen molar-refractivity contribution >= 4 is 17.5 Å². The molecule has 2 rings (SSSR count). The molecule has 0 heterocycles. The van der Waals surface area contributed by atoms with Gasteiger partial charge in [0.1, 0.15) is 5.54 Å². The van der Waals surface area contributed by atoms with Crippen LogP contribution >= 0.6 is 0 Å². The summed E-state index contributed by atoms with van der Waals surface area (Å²) in [5.41, 5.74) is -1.41. The van der Waals surface area contributed by atoms with Gasteiger partial charge < -0.3 is 10.6 Å². The Morgan fingerprint density at radius 1 is 1.21 bits per heavy atom. The molecule has 2 N–H and O–H groups in total. The minimum Gasteiger partial charge on any atom is -0.337 e. The molecule has 9 heteroatoms. The van der Waals surface area contributed by atoms with Crippen LogP contribution < -0.4 is 10.6 Å². The van der Waals surface area contributed by atoms with E-state index in [1.165, 1.54) is 4.90 Å². The molecule has 0 radical (unpaired) electrons. The van der Waals surface area contributed by atoms with Gasteiger partial charge in [-0.05, 0) is 50.8 Å². The van der Waals surface area contributed by atoms with Crippen LogP contribution in [0.3, 0.4) is 0 Å². The molecule has 1 atom stereocenters. The minimum absolute atomic E-state index is 0.120. The highest BCUT2D eigenvalue weighted by Crippen LogP contribution is 2.39. The van der Waals surface area contributed by atoms with Crippen molar-refractivity contribution < 1.29 is 22.8 Å². The summed E-state index contributed by atoms with van der Waals surface area (Å²) >= 11 is 0. The van der Waals surface area contributed by atoms with Crippen LogP contribution in [0.15, 0.2) is 12.1 Å². The van der Waals surface area contributed by atoms with E-state index >= 15 is 0 Å². The summed E-state index contributed by atoms with van der Waals surface area (Å²) in [5, 5.41) is 14.2. The normalized spacial score (nSPS) is 15.6. The number of hydrogen-bond acceptors (Lipinski definition) is 4. The van der Waals surface area contributed by atoms with Crippen LogP contribution in [0, 0.1) is 34.7 Å². The molecule has 0 bridgehead atoms. The Kier molecular flexibility index (Phi) is 7.02. The first-order valence-corrected chi connectivity index (χ1v) is 9.08. The van der Waals surface area contributed by atoms with Crippen LogP contribution in [0.1, 0.15) is 33.1 Å². The molecule has 0 saturated heterocycles. The van der Waals surface area contributed by atoms with E-state index in [-0.39, 0.29) is 19.0 Å². The number of carbonyl (C=O) groups is 2. The summed E-state index contributed by atoms with van der Waals surface area (Å²) in [7, 11) is 0. The first-order chi connectivity index (χ1) is 13.2. The lowest BCUT2D eigenvalue weighted by molar-refractivity contribution is -0.124. The Balaban J connectivity index is 1.96. The lowest BCUT2D eigenvalue weighted by atomic mass is 9.98. The largest absolute Gasteiger partial charge is 0.337 e. The molecule has 6 nitrogen and oxygen atoms in total. The van der Waals surface area contributed by atoms with E-state index in [1.54, 1.807) is 6.92 Å². The topological polar surface area (TPSA) is 85.2 Å². The zero-order chi connectivity index (χ0) is 20.9. The molecule has 1 saturated carbocycles. The second-order valence-electron chi connectivity index (χ2n) is 7.12. The maximum absolute atomic E-state index is 13.7. The van der Waals surface area contributed by atoms with Gasteiger partial charge in [-0.3, -0.25) is 14.5 Å². The predicted molar refractivity (Wildman–Crippen MR) is 96.6 cm³/mol. The third-order valence-electron chi connectivity index (χ3n) is 4.61. The molecule has 0 unspecified atom stereocenters. The number of hydrogen-bond donors (Lipinski definition) is 2. The average Bonchev–Trinajstić information content (AvgIpc) is 3.48. The van der Waals surface area contributed by atoms with Gasteiger partial charge in [-0.25, -0.2) is 13.2 Å². The van der Waals surface area contributed by atoms with Crippen molar-refractivity contribution in [3.8, 4) is 6.07 Å². The highest BCUT2D eigenvalue weighted by molar-refractivity contribution is 5.92. The summed E-state index contributed by atoms with van der Waals surface area (Å²) in [6.07, 6.45) is 2.41. The first kappa shape index (κ1) is 21.7. The summed E-state index contributed by atoms with van der Waals surface area (Å²) in [5.74, 6) is -5.44. The molecule has 2 amide bonds. The number of halogens is 3. The number of nitrogens with zero attached hydrogens (tertiary/aromatic N) is 2. The van der Waals surface area contributed by atoms with Crippen LogP contribution in [-0.2, 0) is 9.59 Å². The van der Waals surface area contributed by atoms with Gasteiger partial charge in [-0.15, -0.1) is 0 Å². The van der Waals surface area contributed by atoms with E-state index in [9.17, 15) is 28.0 Å². The van der Waals surface area contributed by atoms with E-state index < -0.39 is 40.5 Å². The highest BCUT2D eigenvalue weighted by atomic mass is 19.2. The molecule has 152 valence electrons. The summed E-state index contributed by atoms with van der Waals surface area (Å²) in [4.78, 5) is 26.0. The van der Waals surface area contributed by atoms with Gasteiger partial charge in [-0.1, -0.05) is 6.92 Å². The monoisotopic (exact) mass is 396 g/mol. The van der Waals surface area contributed by atoms with Crippen LogP contribution in [0.4, 0.5) is 18.9 Å². The van der Waals surface area contributed by atoms with Crippen molar-refractivity contribution in [3.05, 3.63) is 29.6 Å².